The summed E-state index contributed by atoms with van der Waals surface area (Å²) in [5, 5.41) is 12.9. The first-order valence-electron chi connectivity index (χ1n) is 10.7. The molecule has 34 heavy (non-hydrogen) atoms. The molecular weight excluding hydrogens is 438 g/mol. The lowest BCUT2D eigenvalue weighted by Gasteiger charge is -2.29. The highest BCUT2D eigenvalue weighted by molar-refractivity contribution is 6.24. The number of carbonyl (C=O) groups excluding carboxylic acids is 2. The summed E-state index contributed by atoms with van der Waals surface area (Å²) in [7, 11) is 1.57. The molecule has 0 radical (unpaired) electrons. The molecule has 9 nitrogen and oxygen atoms in total. The van der Waals surface area contributed by atoms with Crippen LogP contribution in [-0.2, 0) is 14.4 Å². The molecule has 0 N–H and O–H groups in total. The summed E-state index contributed by atoms with van der Waals surface area (Å²) in [5.41, 5.74) is 2.40. The lowest BCUT2D eigenvalue weighted by atomic mass is 9.90. The average molecular weight is 459 g/mol. The third-order valence-corrected chi connectivity index (χ3v) is 6.22. The van der Waals surface area contributed by atoms with E-state index in [0.717, 1.165) is 21.7 Å². The number of benzene rings is 3. The Bertz CT molecular complexity index is 1290. The quantitative estimate of drug-likeness (QED) is 0.323. The van der Waals surface area contributed by atoms with Crippen LogP contribution in [0.2, 0.25) is 0 Å². The number of para-hydroxylation sites is 1. The zero-order valence-electron chi connectivity index (χ0n) is 18.5. The number of anilines is 2. The van der Waals surface area contributed by atoms with Gasteiger partial charge in [-0.15, -0.1) is 0 Å². The Kier molecular flexibility index (Phi) is 5.25. The van der Waals surface area contributed by atoms with Crippen molar-refractivity contribution >= 4 is 28.9 Å². The molecule has 0 spiro atoms. The van der Waals surface area contributed by atoms with Gasteiger partial charge < -0.3 is 4.74 Å². The highest BCUT2D eigenvalue weighted by Crippen LogP contribution is 2.48. The maximum atomic E-state index is 13.7. The Labute approximate surface area is 195 Å². The Morgan fingerprint density at radius 3 is 2.38 bits per heavy atom. The fourth-order valence-corrected chi connectivity index (χ4v) is 4.57. The normalized spacial score (nSPS) is 21.6. The van der Waals surface area contributed by atoms with Crippen molar-refractivity contribution in [2.45, 2.75) is 19.1 Å². The van der Waals surface area contributed by atoms with Gasteiger partial charge in [-0.05, 0) is 42.3 Å². The molecule has 2 heterocycles. The number of nitro benzene ring substituents is 1. The molecule has 2 aliphatic heterocycles. The monoisotopic (exact) mass is 459 g/mol. The third-order valence-electron chi connectivity index (χ3n) is 6.22. The number of nitro groups is 1. The van der Waals surface area contributed by atoms with Crippen LogP contribution in [0.25, 0.3) is 0 Å². The minimum Gasteiger partial charge on any atom is -0.497 e. The lowest BCUT2D eigenvalue weighted by Crippen LogP contribution is -2.37. The van der Waals surface area contributed by atoms with E-state index in [9.17, 15) is 19.7 Å². The first-order chi connectivity index (χ1) is 16.4. The first-order valence-corrected chi connectivity index (χ1v) is 10.7. The Morgan fingerprint density at radius 1 is 0.971 bits per heavy atom. The van der Waals surface area contributed by atoms with Gasteiger partial charge in [0.15, 0.2) is 6.10 Å². The van der Waals surface area contributed by atoms with Crippen LogP contribution in [0.1, 0.15) is 17.2 Å². The van der Waals surface area contributed by atoms with Crippen molar-refractivity contribution in [1.82, 2.24) is 0 Å². The number of amides is 2. The zero-order chi connectivity index (χ0) is 24.0. The molecular formula is C25H21N3O6. The van der Waals surface area contributed by atoms with Gasteiger partial charge in [0.25, 0.3) is 11.6 Å². The molecule has 0 aliphatic carbocycles. The molecule has 0 unspecified atom stereocenters. The van der Waals surface area contributed by atoms with Crippen LogP contribution in [-0.4, -0.2) is 30.0 Å². The van der Waals surface area contributed by atoms with E-state index >= 15 is 0 Å². The van der Waals surface area contributed by atoms with Gasteiger partial charge in [0.05, 0.1) is 29.4 Å². The molecule has 5 rings (SSSR count). The lowest BCUT2D eigenvalue weighted by molar-refractivity contribution is -0.384. The van der Waals surface area contributed by atoms with E-state index in [4.69, 9.17) is 9.57 Å². The second-order valence-corrected chi connectivity index (χ2v) is 8.17. The molecule has 9 heteroatoms. The number of hydroxylamine groups is 1. The molecule has 172 valence electrons. The summed E-state index contributed by atoms with van der Waals surface area (Å²) in [5.74, 6) is -1.19. The topological polar surface area (TPSA) is 102 Å². The fraction of sp³-hybridized carbons (Fsp3) is 0.200. The standard InChI is InChI=1S/C25H21N3O6/c1-15-6-3-4-9-20(15)27-22(16-10-12-19(33-2)13-11-16)21-23(34-27)25(30)26(24(21)29)17-7-5-8-18(14-17)28(31)32/h3-14,21-23H,1-2H3/t21-,22-,23-/m1/s1. The number of fused-ring (bicyclic) bond motifs is 1. The number of hydrogen-bond acceptors (Lipinski definition) is 7. The summed E-state index contributed by atoms with van der Waals surface area (Å²) >= 11 is 0. The number of imide groups is 1. The number of rotatable bonds is 5. The molecule has 2 fully saturated rings. The first kappa shape index (κ1) is 21.6. The zero-order valence-corrected chi connectivity index (χ0v) is 18.5. The van der Waals surface area contributed by atoms with Gasteiger partial charge in [0, 0.05) is 12.1 Å². The van der Waals surface area contributed by atoms with Crippen molar-refractivity contribution < 1.29 is 24.1 Å². The smallest absolute Gasteiger partial charge is 0.271 e. The van der Waals surface area contributed by atoms with Crippen LogP contribution in [0.3, 0.4) is 0 Å². The minimum absolute atomic E-state index is 0.151. The Hall–Kier alpha value is -4.24. The highest BCUT2D eigenvalue weighted by Gasteiger charge is 2.60. The summed E-state index contributed by atoms with van der Waals surface area (Å²) in [4.78, 5) is 44.8. The largest absolute Gasteiger partial charge is 0.497 e. The van der Waals surface area contributed by atoms with Crippen LogP contribution in [0.15, 0.2) is 72.8 Å². The van der Waals surface area contributed by atoms with E-state index in [1.807, 2.05) is 43.3 Å². The molecule has 0 bridgehead atoms. The third kappa shape index (κ3) is 3.37. The number of ether oxygens (including phenoxy) is 1. The fourth-order valence-electron chi connectivity index (χ4n) is 4.57. The van der Waals surface area contributed by atoms with Crippen molar-refractivity contribution in [2.24, 2.45) is 5.92 Å². The molecule has 3 atom stereocenters. The van der Waals surface area contributed by atoms with Crippen LogP contribution < -0.4 is 14.7 Å². The number of carbonyl (C=O) groups is 2. The van der Waals surface area contributed by atoms with Crippen LogP contribution in [0, 0.1) is 23.0 Å². The number of hydrogen-bond donors (Lipinski definition) is 0. The van der Waals surface area contributed by atoms with E-state index in [1.54, 1.807) is 24.3 Å². The molecule has 0 aromatic heterocycles. The second kappa shape index (κ2) is 8.27. The predicted octanol–water partition coefficient (Wildman–Crippen LogP) is 3.96. The number of non-ortho nitro benzene ring substituents is 1. The van der Waals surface area contributed by atoms with Crippen LogP contribution >= 0.6 is 0 Å². The van der Waals surface area contributed by atoms with Crippen molar-refractivity contribution in [3.05, 3.63) is 94.0 Å². The van der Waals surface area contributed by atoms with Gasteiger partial charge in [-0.3, -0.25) is 24.5 Å². The second-order valence-electron chi connectivity index (χ2n) is 8.17. The SMILES string of the molecule is COc1ccc([C@@H]2[C@H]3C(=O)N(c4cccc([N+](=O)[O-])c4)C(=O)[C@@H]3ON2c2ccccc2C)cc1. The van der Waals surface area contributed by atoms with Gasteiger partial charge >= 0.3 is 0 Å². The Morgan fingerprint density at radius 2 is 1.71 bits per heavy atom. The summed E-state index contributed by atoms with van der Waals surface area (Å²) in [6.07, 6.45) is -1.06. The maximum absolute atomic E-state index is 13.7. The number of methoxy groups -OCH3 is 1. The van der Waals surface area contributed by atoms with E-state index in [2.05, 4.69) is 0 Å². The summed E-state index contributed by atoms with van der Waals surface area (Å²) in [6.45, 7) is 1.93. The predicted molar refractivity (Wildman–Crippen MR) is 123 cm³/mol. The summed E-state index contributed by atoms with van der Waals surface area (Å²) < 4.78 is 5.26. The van der Waals surface area contributed by atoms with Crippen molar-refractivity contribution in [3.63, 3.8) is 0 Å². The molecule has 2 saturated heterocycles. The van der Waals surface area contributed by atoms with Gasteiger partial charge in [-0.2, -0.15) is 0 Å². The van der Waals surface area contributed by atoms with E-state index < -0.39 is 34.8 Å². The molecule has 2 aliphatic rings. The number of nitrogens with zero attached hydrogens (tertiary/aromatic N) is 3. The van der Waals surface area contributed by atoms with Crippen molar-refractivity contribution in [1.29, 1.82) is 0 Å². The van der Waals surface area contributed by atoms with Crippen molar-refractivity contribution in [2.75, 3.05) is 17.1 Å². The van der Waals surface area contributed by atoms with Gasteiger partial charge in [-0.25, -0.2) is 9.96 Å². The maximum Gasteiger partial charge on any atom is 0.271 e. The van der Waals surface area contributed by atoms with Crippen molar-refractivity contribution in [3.8, 4) is 5.75 Å². The van der Waals surface area contributed by atoms with E-state index in [1.165, 1.54) is 24.3 Å². The van der Waals surface area contributed by atoms with Crippen LogP contribution in [0.5, 0.6) is 5.75 Å². The van der Waals surface area contributed by atoms with Gasteiger partial charge in [0.1, 0.15) is 11.7 Å². The van der Waals surface area contributed by atoms with Crippen LogP contribution in [0.4, 0.5) is 17.1 Å². The minimum atomic E-state index is -1.06. The van der Waals surface area contributed by atoms with Gasteiger partial charge in [0.2, 0.25) is 5.91 Å². The van der Waals surface area contributed by atoms with Gasteiger partial charge in [-0.1, -0.05) is 36.4 Å². The van der Waals surface area contributed by atoms with E-state index in [-0.39, 0.29) is 11.4 Å². The Balaban J connectivity index is 1.59. The molecule has 3 aromatic carbocycles. The molecule has 0 saturated carbocycles. The molecule has 2 amide bonds. The highest BCUT2D eigenvalue weighted by atomic mass is 16.7. The summed E-state index contributed by atoms with van der Waals surface area (Å²) in [6, 6.07) is 19.7. The average Bonchev–Trinajstić information content (AvgIpc) is 3.35. The van der Waals surface area contributed by atoms with E-state index in [0.29, 0.717) is 5.75 Å². The number of aryl methyl sites for hydroxylation is 1. The molecule has 3 aromatic rings.